The summed E-state index contributed by atoms with van der Waals surface area (Å²) in [5.74, 6) is -1.34. The zero-order valence-electron chi connectivity index (χ0n) is 15.1. The number of furan rings is 1. The van der Waals surface area contributed by atoms with Crippen molar-refractivity contribution in [3.8, 4) is 0 Å². The van der Waals surface area contributed by atoms with E-state index in [1.165, 1.54) is 22.5 Å². The molecule has 0 saturated heterocycles. The minimum atomic E-state index is -3.68. The van der Waals surface area contributed by atoms with Crippen LogP contribution in [0.25, 0.3) is 11.0 Å². The number of methoxy groups -OCH3 is 1. The Morgan fingerprint density at radius 1 is 1.27 bits per heavy atom. The zero-order valence-corrected chi connectivity index (χ0v) is 15.9. The average molecular weight is 381 g/mol. The second-order valence-electron chi connectivity index (χ2n) is 6.71. The molecule has 0 amide bonds. The van der Waals surface area contributed by atoms with E-state index in [1.54, 1.807) is 21.1 Å². The van der Waals surface area contributed by atoms with Gasteiger partial charge in [0.1, 0.15) is 5.58 Å². The van der Waals surface area contributed by atoms with Gasteiger partial charge in [0.2, 0.25) is 15.8 Å². The highest BCUT2D eigenvalue weighted by Crippen LogP contribution is 2.31. The highest BCUT2D eigenvalue weighted by atomic mass is 32.2. The van der Waals surface area contributed by atoms with Crippen molar-refractivity contribution in [2.75, 3.05) is 14.2 Å². The van der Waals surface area contributed by atoms with Crippen LogP contribution < -0.4 is 0 Å². The molecular formula is C18H23NO6S. The van der Waals surface area contributed by atoms with Crippen LogP contribution in [-0.4, -0.2) is 50.1 Å². The van der Waals surface area contributed by atoms with E-state index in [2.05, 4.69) is 0 Å². The van der Waals surface area contributed by atoms with Crippen molar-refractivity contribution in [3.63, 3.8) is 0 Å². The molecule has 8 heteroatoms. The van der Waals surface area contributed by atoms with E-state index in [1.807, 2.05) is 0 Å². The van der Waals surface area contributed by atoms with Crippen LogP contribution in [0, 0.1) is 6.92 Å². The summed E-state index contributed by atoms with van der Waals surface area (Å²) in [6.07, 6.45) is 3.38. The van der Waals surface area contributed by atoms with Crippen LogP contribution in [0.1, 0.15) is 41.8 Å². The van der Waals surface area contributed by atoms with Crippen LogP contribution >= 0.6 is 0 Å². The van der Waals surface area contributed by atoms with Gasteiger partial charge in [-0.15, -0.1) is 0 Å². The third-order valence-electron chi connectivity index (χ3n) is 5.27. The Labute approximate surface area is 152 Å². The lowest BCUT2D eigenvalue weighted by atomic mass is 9.93. The van der Waals surface area contributed by atoms with Gasteiger partial charge in [-0.1, -0.05) is 0 Å². The standard InChI is InChI=1S/C18H23NO6S/c1-11-15-10-14(8-9-16(15)25-17(11)18(20)21)26(22,23)19(2)12-4-6-13(24-3)7-5-12/h8-10,12-13H,4-7H2,1-3H3,(H,20,21). The van der Waals surface area contributed by atoms with Crippen LogP contribution in [0.2, 0.25) is 0 Å². The molecule has 0 atom stereocenters. The molecule has 1 heterocycles. The van der Waals surface area contributed by atoms with E-state index in [4.69, 9.17) is 14.3 Å². The minimum absolute atomic E-state index is 0.0675. The van der Waals surface area contributed by atoms with Crippen molar-refractivity contribution >= 4 is 27.0 Å². The Morgan fingerprint density at radius 2 is 1.92 bits per heavy atom. The predicted molar refractivity (Wildman–Crippen MR) is 95.9 cm³/mol. The molecule has 1 aromatic heterocycles. The Kier molecular flexibility index (Phi) is 5.09. The monoisotopic (exact) mass is 381 g/mol. The van der Waals surface area contributed by atoms with E-state index in [0.29, 0.717) is 16.5 Å². The molecule has 0 radical (unpaired) electrons. The number of aryl methyl sites for hydroxylation is 1. The van der Waals surface area contributed by atoms with E-state index >= 15 is 0 Å². The summed E-state index contributed by atoms with van der Waals surface area (Å²) in [4.78, 5) is 11.3. The molecule has 7 nitrogen and oxygen atoms in total. The van der Waals surface area contributed by atoms with Gasteiger partial charge in [0.25, 0.3) is 0 Å². The maximum Gasteiger partial charge on any atom is 0.372 e. The number of carboxylic acids is 1. The number of hydrogen-bond acceptors (Lipinski definition) is 5. The fourth-order valence-electron chi connectivity index (χ4n) is 3.57. The molecule has 3 rings (SSSR count). The van der Waals surface area contributed by atoms with Crippen molar-refractivity contribution < 1.29 is 27.5 Å². The highest BCUT2D eigenvalue weighted by molar-refractivity contribution is 7.89. The van der Waals surface area contributed by atoms with Crippen molar-refractivity contribution in [1.82, 2.24) is 4.31 Å². The molecule has 1 aliphatic rings. The molecule has 1 N–H and O–H groups in total. The first-order valence-electron chi connectivity index (χ1n) is 8.53. The van der Waals surface area contributed by atoms with Crippen LogP contribution in [-0.2, 0) is 14.8 Å². The maximum absolute atomic E-state index is 13.0. The van der Waals surface area contributed by atoms with Crippen LogP contribution in [0.15, 0.2) is 27.5 Å². The quantitative estimate of drug-likeness (QED) is 0.855. The van der Waals surface area contributed by atoms with Crippen molar-refractivity contribution in [1.29, 1.82) is 0 Å². The number of rotatable bonds is 5. The van der Waals surface area contributed by atoms with E-state index in [-0.39, 0.29) is 22.8 Å². The number of sulfonamides is 1. The predicted octanol–water partition coefficient (Wildman–Crippen LogP) is 3.02. The number of hydrogen-bond donors (Lipinski definition) is 1. The molecule has 26 heavy (non-hydrogen) atoms. The van der Waals surface area contributed by atoms with E-state index in [0.717, 1.165) is 25.7 Å². The lowest BCUT2D eigenvalue weighted by Gasteiger charge is -2.33. The van der Waals surface area contributed by atoms with Crippen LogP contribution in [0.4, 0.5) is 0 Å². The van der Waals surface area contributed by atoms with Gasteiger partial charge < -0.3 is 14.3 Å². The van der Waals surface area contributed by atoms with Gasteiger partial charge in [-0.25, -0.2) is 13.2 Å². The largest absolute Gasteiger partial charge is 0.475 e. The highest BCUT2D eigenvalue weighted by Gasteiger charge is 2.32. The smallest absolute Gasteiger partial charge is 0.372 e. The summed E-state index contributed by atoms with van der Waals surface area (Å²) in [7, 11) is -0.399. The summed E-state index contributed by atoms with van der Waals surface area (Å²) < 4.78 is 38.1. The first kappa shape index (κ1) is 18.9. The van der Waals surface area contributed by atoms with Crippen molar-refractivity contribution in [2.24, 2.45) is 0 Å². The Morgan fingerprint density at radius 3 is 2.50 bits per heavy atom. The minimum Gasteiger partial charge on any atom is -0.475 e. The number of carbonyl (C=O) groups is 1. The fourth-order valence-corrected chi connectivity index (χ4v) is 5.01. The number of nitrogens with zero attached hydrogens (tertiary/aromatic N) is 1. The lowest BCUT2D eigenvalue weighted by molar-refractivity contribution is 0.0553. The third kappa shape index (κ3) is 3.24. The van der Waals surface area contributed by atoms with Crippen molar-refractivity contribution in [3.05, 3.63) is 29.5 Å². The summed E-state index contributed by atoms with van der Waals surface area (Å²) in [6.45, 7) is 1.61. The fraction of sp³-hybridized carbons (Fsp3) is 0.500. The van der Waals surface area contributed by atoms with E-state index < -0.39 is 16.0 Å². The van der Waals surface area contributed by atoms with Gasteiger partial charge in [0.05, 0.1) is 11.0 Å². The molecule has 1 fully saturated rings. The number of aromatic carboxylic acids is 1. The molecule has 142 valence electrons. The first-order chi connectivity index (χ1) is 12.3. The number of fused-ring (bicyclic) bond motifs is 1. The zero-order chi connectivity index (χ0) is 19.1. The Hall–Kier alpha value is -1.90. The molecule has 0 bridgehead atoms. The van der Waals surface area contributed by atoms with Crippen LogP contribution in [0.3, 0.4) is 0 Å². The summed E-state index contributed by atoms with van der Waals surface area (Å²) in [5.41, 5.74) is 0.787. The molecule has 2 aromatic rings. The van der Waals surface area contributed by atoms with Gasteiger partial charge in [0, 0.05) is 31.1 Å². The van der Waals surface area contributed by atoms with Gasteiger partial charge in [0.15, 0.2) is 0 Å². The van der Waals surface area contributed by atoms with Crippen molar-refractivity contribution in [2.45, 2.75) is 49.6 Å². The number of carboxylic acid groups (broad SMARTS) is 1. The summed E-state index contributed by atoms with van der Waals surface area (Å²) in [5, 5.41) is 9.67. The third-order valence-corrected chi connectivity index (χ3v) is 7.18. The molecular weight excluding hydrogens is 358 g/mol. The normalized spacial score (nSPS) is 21.4. The second-order valence-corrected chi connectivity index (χ2v) is 8.70. The van der Waals surface area contributed by atoms with Gasteiger partial charge in [-0.3, -0.25) is 0 Å². The summed E-state index contributed by atoms with van der Waals surface area (Å²) in [6, 6.07) is 4.40. The van der Waals surface area contributed by atoms with Gasteiger partial charge >= 0.3 is 5.97 Å². The second kappa shape index (κ2) is 7.02. The topological polar surface area (TPSA) is 97.0 Å². The van der Waals surface area contributed by atoms with Crippen LogP contribution in [0.5, 0.6) is 0 Å². The van der Waals surface area contributed by atoms with E-state index in [9.17, 15) is 13.2 Å². The SMILES string of the molecule is COC1CCC(N(C)S(=O)(=O)c2ccc3oc(C(=O)O)c(C)c3c2)CC1. The van der Waals surface area contributed by atoms with Gasteiger partial charge in [-0.2, -0.15) is 4.31 Å². The molecule has 1 aliphatic carbocycles. The number of benzene rings is 1. The first-order valence-corrected chi connectivity index (χ1v) is 9.97. The average Bonchev–Trinajstić information content (AvgIpc) is 2.97. The molecule has 1 aromatic carbocycles. The lowest BCUT2D eigenvalue weighted by Crippen LogP contribution is -2.40. The molecule has 0 spiro atoms. The molecule has 1 saturated carbocycles. The maximum atomic E-state index is 13.0. The summed E-state index contributed by atoms with van der Waals surface area (Å²) >= 11 is 0. The van der Waals surface area contributed by atoms with Gasteiger partial charge in [-0.05, 0) is 50.8 Å². The molecule has 0 aliphatic heterocycles. The Bertz CT molecular complexity index is 925. The number of ether oxygens (including phenoxy) is 1. The molecule has 0 unspecified atom stereocenters. The Balaban J connectivity index is 1.91.